The van der Waals surface area contributed by atoms with Crippen LogP contribution in [-0.2, 0) is 4.79 Å². The van der Waals surface area contributed by atoms with Crippen molar-refractivity contribution in [3.63, 3.8) is 0 Å². The molecule has 2 nitrogen and oxygen atoms in total. The molecular weight excluding hydrogens is 280 g/mol. The first-order valence-electron chi connectivity index (χ1n) is 6.04. The lowest BCUT2D eigenvalue weighted by atomic mass is 9.77. The summed E-state index contributed by atoms with van der Waals surface area (Å²) in [4.78, 5) is 11.9. The van der Waals surface area contributed by atoms with Crippen LogP contribution in [0, 0.1) is 11.8 Å². The second-order valence-corrected chi connectivity index (χ2v) is 5.86. The predicted octanol–water partition coefficient (Wildman–Crippen LogP) is 3.49. The van der Waals surface area contributed by atoms with Crippen LogP contribution in [-0.4, -0.2) is 10.9 Å². The molecule has 1 aliphatic rings. The molecule has 0 spiro atoms. The second kappa shape index (κ2) is 5.32. The van der Waals surface area contributed by atoms with Gasteiger partial charge in [-0.2, -0.15) is 0 Å². The van der Waals surface area contributed by atoms with E-state index in [4.69, 9.17) is 0 Å². The summed E-state index contributed by atoms with van der Waals surface area (Å²) in [5.74, 6) is 0.515. The molecule has 1 fully saturated rings. The number of halogens is 1. The van der Waals surface area contributed by atoms with Gasteiger partial charge in [0.25, 0.3) is 0 Å². The van der Waals surface area contributed by atoms with Gasteiger partial charge in [0.2, 0.25) is 0 Å². The van der Waals surface area contributed by atoms with Gasteiger partial charge in [0.1, 0.15) is 5.78 Å². The van der Waals surface area contributed by atoms with Crippen molar-refractivity contribution in [3.05, 3.63) is 34.3 Å². The van der Waals surface area contributed by atoms with Gasteiger partial charge in [-0.15, -0.1) is 0 Å². The highest BCUT2D eigenvalue weighted by Gasteiger charge is 2.32. The molecule has 0 amide bonds. The maximum atomic E-state index is 11.9. The number of ketones is 1. The zero-order valence-electron chi connectivity index (χ0n) is 9.90. The lowest BCUT2D eigenvalue weighted by Gasteiger charge is -2.29. The molecule has 0 aromatic heterocycles. The summed E-state index contributed by atoms with van der Waals surface area (Å²) in [6.45, 7) is 2.15. The molecule has 2 rings (SSSR count). The molecule has 1 aromatic carbocycles. The quantitative estimate of drug-likeness (QED) is 0.907. The van der Waals surface area contributed by atoms with Crippen molar-refractivity contribution in [1.29, 1.82) is 0 Å². The van der Waals surface area contributed by atoms with Gasteiger partial charge in [-0.25, -0.2) is 0 Å². The molecule has 0 heterocycles. The molecule has 1 aromatic rings. The van der Waals surface area contributed by atoms with Gasteiger partial charge < -0.3 is 5.11 Å². The molecular formula is C14H17BrO2. The zero-order chi connectivity index (χ0) is 12.4. The van der Waals surface area contributed by atoms with Crippen LogP contribution in [0.5, 0.6) is 0 Å². The molecule has 1 aliphatic carbocycles. The zero-order valence-corrected chi connectivity index (χ0v) is 11.5. The second-order valence-electron chi connectivity index (χ2n) is 4.95. The molecule has 0 bridgehead atoms. The molecule has 0 radical (unpaired) electrons. The monoisotopic (exact) mass is 296 g/mol. The Morgan fingerprint density at radius 2 is 2.00 bits per heavy atom. The fourth-order valence-electron chi connectivity index (χ4n) is 2.45. The van der Waals surface area contributed by atoms with Crippen molar-refractivity contribution in [1.82, 2.24) is 0 Å². The van der Waals surface area contributed by atoms with E-state index in [1.807, 2.05) is 24.3 Å². The minimum atomic E-state index is -0.654. The molecule has 1 N–H and O–H groups in total. The largest absolute Gasteiger partial charge is 0.388 e. The standard InChI is InChI=1S/C14H17BrO2/c1-9-2-7-13(16)12(8-9)14(17)10-3-5-11(15)6-4-10/h3-6,9,12,14,17H,2,7-8H2,1H3/t9-,12-,14+/m0/s1. The molecule has 0 aliphatic heterocycles. The summed E-state index contributed by atoms with van der Waals surface area (Å²) in [6, 6.07) is 7.55. The molecule has 17 heavy (non-hydrogen) atoms. The summed E-state index contributed by atoms with van der Waals surface area (Å²) in [7, 11) is 0. The average molecular weight is 297 g/mol. The van der Waals surface area contributed by atoms with Crippen molar-refractivity contribution < 1.29 is 9.90 Å². The summed E-state index contributed by atoms with van der Waals surface area (Å²) in [5, 5.41) is 10.3. The summed E-state index contributed by atoms with van der Waals surface area (Å²) in [5.41, 5.74) is 0.834. The molecule has 92 valence electrons. The third-order valence-corrected chi connectivity index (χ3v) is 4.07. The SMILES string of the molecule is C[C@H]1CCC(=O)[C@@H]([C@H](O)c2ccc(Br)cc2)C1. The van der Waals surface area contributed by atoms with Crippen LogP contribution in [0.2, 0.25) is 0 Å². The number of aliphatic hydroxyl groups is 1. The van der Waals surface area contributed by atoms with Crippen molar-refractivity contribution in [2.45, 2.75) is 32.3 Å². The van der Waals surface area contributed by atoms with Gasteiger partial charge in [-0.05, 0) is 36.5 Å². The van der Waals surface area contributed by atoms with E-state index in [0.717, 1.165) is 22.9 Å². The molecule has 3 heteroatoms. The summed E-state index contributed by atoms with van der Waals surface area (Å²) in [6.07, 6.45) is 1.72. The Balaban J connectivity index is 2.15. The van der Waals surface area contributed by atoms with Crippen molar-refractivity contribution >= 4 is 21.7 Å². The van der Waals surface area contributed by atoms with Gasteiger partial charge in [0, 0.05) is 16.8 Å². The first-order chi connectivity index (χ1) is 8.08. The van der Waals surface area contributed by atoms with E-state index < -0.39 is 6.10 Å². The minimum Gasteiger partial charge on any atom is -0.388 e. The number of carbonyl (C=O) groups excluding carboxylic acids is 1. The Labute approximate surface area is 110 Å². The van der Waals surface area contributed by atoms with E-state index in [2.05, 4.69) is 22.9 Å². The van der Waals surface area contributed by atoms with E-state index in [1.54, 1.807) is 0 Å². The molecule has 1 saturated carbocycles. The smallest absolute Gasteiger partial charge is 0.138 e. The Morgan fingerprint density at radius 3 is 2.65 bits per heavy atom. The number of carbonyl (C=O) groups is 1. The Bertz CT molecular complexity index is 399. The first-order valence-corrected chi connectivity index (χ1v) is 6.83. The van der Waals surface area contributed by atoms with Crippen molar-refractivity contribution in [2.75, 3.05) is 0 Å². The van der Waals surface area contributed by atoms with E-state index in [9.17, 15) is 9.90 Å². The van der Waals surface area contributed by atoms with E-state index in [1.165, 1.54) is 0 Å². The van der Waals surface area contributed by atoms with Crippen LogP contribution in [0.15, 0.2) is 28.7 Å². The fraction of sp³-hybridized carbons (Fsp3) is 0.500. The Hall–Kier alpha value is -0.670. The lowest BCUT2D eigenvalue weighted by molar-refractivity contribution is -0.129. The highest BCUT2D eigenvalue weighted by molar-refractivity contribution is 9.10. The van der Waals surface area contributed by atoms with Crippen LogP contribution in [0.4, 0.5) is 0 Å². The maximum Gasteiger partial charge on any atom is 0.138 e. The number of hydrogen-bond donors (Lipinski definition) is 1. The summed E-state index contributed by atoms with van der Waals surface area (Å²) >= 11 is 3.36. The number of aliphatic hydroxyl groups excluding tert-OH is 1. The molecule has 3 atom stereocenters. The van der Waals surface area contributed by atoms with Crippen LogP contribution < -0.4 is 0 Å². The Morgan fingerprint density at radius 1 is 1.35 bits per heavy atom. The van der Waals surface area contributed by atoms with Gasteiger partial charge in [0.05, 0.1) is 6.10 Å². The van der Waals surface area contributed by atoms with Crippen molar-refractivity contribution in [3.8, 4) is 0 Å². The average Bonchev–Trinajstić information content (AvgIpc) is 2.32. The van der Waals surface area contributed by atoms with Gasteiger partial charge in [-0.3, -0.25) is 4.79 Å². The maximum absolute atomic E-state index is 11.9. The third-order valence-electron chi connectivity index (χ3n) is 3.55. The highest BCUT2D eigenvalue weighted by atomic mass is 79.9. The highest BCUT2D eigenvalue weighted by Crippen LogP contribution is 2.35. The van der Waals surface area contributed by atoms with E-state index in [-0.39, 0.29) is 11.7 Å². The molecule has 0 saturated heterocycles. The van der Waals surface area contributed by atoms with E-state index >= 15 is 0 Å². The van der Waals surface area contributed by atoms with Crippen LogP contribution >= 0.6 is 15.9 Å². The fourth-order valence-corrected chi connectivity index (χ4v) is 2.72. The van der Waals surface area contributed by atoms with Gasteiger partial charge in [-0.1, -0.05) is 35.0 Å². The van der Waals surface area contributed by atoms with Crippen LogP contribution in [0.25, 0.3) is 0 Å². The predicted molar refractivity (Wildman–Crippen MR) is 70.6 cm³/mol. The van der Waals surface area contributed by atoms with Crippen LogP contribution in [0.3, 0.4) is 0 Å². The summed E-state index contributed by atoms with van der Waals surface area (Å²) < 4.78 is 0.983. The Kier molecular flexibility index (Phi) is 4.00. The normalized spacial score (nSPS) is 26.9. The third kappa shape index (κ3) is 2.96. The number of rotatable bonds is 2. The first kappa shape index (κ1) is 12.8. The van der Waals surface area contributed by atoms with Gasteiger partial charge >= 0.3 is 0 Å². The lowest BCUT2D eigenvalue weighted by Crippen LogP contribution is -2.28. The minimum absolute atomic E-state index is 0.207. The number of hydrogen-bond acceptors (Lipinski definition) is 2. The number of benzene rings is 1. The van der Waals surface area contributed by atoms with Gasteiger partial charge in [0.15, 0.2) is 0 Å². The van der Waals surface area contributed by atoms with Crippen molar-refractivity contribution in [2.24, 2.45) is 11.8 Å². The van der Waals surface area contributed by atoms with E-state index in [0.29, 0.717) is 12.3 Å². The molecule has 0 unspecified atom stereocenters. The topological polar surface area (TPSA) is 37.3 Å². The number of Topliss-reactive ketones (excluding diaryl/α,β-unsaturated/α-hetero) is 1. The van der Waals surface area contributed by atoms with Crippen LogP contribution in [0.1, 0.15) is 37.9 Å².